The Morgan fingerprint density at radius 2 is 1.72 bits per heavy atom. The van der Waals surface area contributed by atoms with Gasteiger partial charge >= 0.3 is 5.97 Å². The van der Waals surface area contributed by atoms with Gasteiger partial charge < -0.3 is 15.5 Å². The second-order valence-electron chi connectivity index (χ2n) is 10.2. The monoisotopic (exact) mass is 556 g/mol. The van der Waals surface area contributed by atoms with Crippen LogP contribution >= 0.6 is 23.2 Å². The lowest BCUT2D eigenvalue weighted by Gasteiger charge is -2.31. The average Bonchev–Trinajstić information content (AvgIpc) is 3.17. The molecule has 0 heterocycles. The lowest BCUT2D eigenvalue weighted by Crippen LogP contribution is -2.47. The van der Waals surface area contributed by atoms with Gasteiger partial charge in [0.15, 0.2) is 0 Å². The molecule has 7 nitrogen and oxygen atoms in total. The van der Waals surface area contributed by atoms with Gasteiger partial charge in [0.05, 0.1) is 16.1 Å². The van der Waals surface area contributed by atoms with E-state index in [0.29, 0.717) is 11.5 Å². The summed E-state index contributed by atoms with van der Waals surface area (Å²) in [7, 11) is -2.72. The largest absolute Gasteiger partial charge is 0.481 e. The Kier molecular flexibility index (Phi) is 9.46. The Hall–Kier alpha value is -1.68. The van der Waals surface area contributed by atoms with Crippen LogP contribution in [-0.2, 0) is 34.1 Å². The molecule has 1 atom stereocenters. The maximum Gasteiger partial charge on any atom is 0.303 e. The highest BCUT2D eigenvalue weighted by molar-refractivity contribution is 7.89. The third-order valence-electron chi connectivity index (χ3n) is 6.57. The van der Waals surface area contributed by atoms with Gasteiger partial charge in [-0.2, -0.15) is 4.31 Å². The summed E-state index contributed by atoms with van der Waals surface area (Å²) in [5.74, 6) is -0.453. The van der Waals surface area contributed by atoms with Crippen LogP contribution in [0.3, 0.4) is 0 Å². The number of hydrogen-bond acceptors (Lipinski definition) is 5. The van der Waals surface area contributed by atoms with Crippen molar-refractivity contribution >= 4 is 39.2 Å². The number of aliphatic hydroxyl groups is 1. The van der Waals surface area contributed by atoms with Gasteiger partial charge in [-0.15, -0.1) is 0 Å². The number of aryl methyl sites for hydroxylation is 1. The first kappa shape index (κ1) is 28.9. The Morgan fingerprint density at radius 1 is 1.17 bits per heavy atom. The number of carboxylic acids is 1. The zero-order chi connectivity index (χ0) is 26.7. The molecule has 0 radical (unpaired) electrons. The molecule has 3 N–H and O–H groups in total. The number of aliphatic hydroxyl groups excluding tert-OH is 1. The van der Waals surface area contributed by atoms with E-state index in [1.807, 2.05) is 0 Å². The van der Waals surface area contributed by atoms with Crippen molar-refractivity contribution in [1.82, 2.24) is 9.62 Å². The lowest BCUT2D eigenvalue weighted by molar-refractivity contribution is -0.136. The predicted octanol–water partition coefficient (Wildman–Crippen LogP) is 4.17. The molecule has 0 unspecified atom stereocenters. The van der Waals surface area contributed by atoms with E-state index in [2.05, 4.69) is 43.4 Å². The number of sulfonamides is 1. The van der Waals surface area contributed by atoms with Crippen LogP contribution < -0.4 is 5.32 Å². The third-order valence-corrected chi connectivity index (χ3v) is 9.32. The van der Waals surface area contributed by atoms with Crippen LogP contribution in [0.25, 0.3) is 0 Å². The second-order valence-corrected chi connectivity index (χ2v) is 13.0. The fraction of sp³-hybridized carbons (Fsp3) is 0.500. The van der Waals surface area contributed by atoms with E-state index in [9.17, 15) is 18.3 Å². The lowest BCUT2D eigenvalue weighted by atomic mass is 9.88. The highest BCUT2D eigenvalue weighted by atomic mass is 35.5. The van der Waals surface area contributed by atoms with Crippen LogP contribution in [0.1, 0.15) is 43.4 Å². The smallest absolute Gasteiger partial charge is 0.303 e. The molecule has 198 valence electrons. The molecular formula is C26H34Cl2N2O5S. The molecule has 0 fully saturated rings. The normalized spacial score (nSPS) is 15.3. The number of carboxylic acid groups (broad SMARTS) is 1. The van der Waals surface area contributed by atoms with Crippen LogP contribution in [0.15, 0.2) is 41.3 Å². The van der Waals surface area contributed by atoms with Gasteiger partial charge in [0.2, 0.25) is 10.0 Å². The van der Waals surface area contributed by atoms with Crippen LogP contribution in [0.2, 0.25) is 10.0 Å². The summed E-state index contributed by atoms with van der Waals surface area (Å²) >= 11 is 12.5. The van der Waals surface area contributed by atoms with E-state index in [4.69, 9.17) is 28.3 Å². The van der Waals surface area contributed by atoms with Crippen molar-refractivity contribution in [3.63, 3.8) is 0 Å². The van der Waals surface area contributed by atoms with Crippen molar-refractivity contribution in [2.45, 2.75) is 62.5 Å². The quantitative estimate of drug-likeness (QED) is 0.362. The standard InChI is InChI=1S/C26H34Cl2N2O5S/c1-26(2,14-18-10-19-6-4-5-7-20(19)11-18)29-15-21(31)16-30(3)36(34,35)25-22(27)12-17(13-23(25)28)8-9-24(32)33/h4-7,12-13,18,21,29,31H,8-11,14-16H2,1-3H3,(H,32,33)/t21-/m1/s1. The van der Waals surface area contributed by atoms with Gasteiger partial charge in [-0.1, -0.05) is 47.5 Å². The van der Waals surface area contributed by atoms with Gasteiger partial charge in [0, 0.05) is 32.1 Å². The maximum atomic E-state index is 13.2. The number of hydrogen-bond donors (Lipinski definition) is 3. The van der Waals surface area contributed by atoms with Gasteiger partial charge in [0.25, 0.3) is 0 Å². The minimum absolute atomic E-state index is 0.0824. The molecule has 0 aromatic heterocycles. The van der Waals surface area contributed by atoms with Crippen LogP contribution in [0.4, 0.5) is 0 Å². The summed E-state index contributed by atoms with van der Waals surface area (Å²) in [6.07, 6.45) is 2.13. The van der Waals surface area contributed by atoms with Crippen molar-refractivity contribution in [3.05, 3.63) is 63.1 Å². The molecule has 10 heteroatoms. The van der Waals surface area contributed by atoms with Crippen LogP contribution in [0.5, 0.6) is 0 Å². The van der Waals surface area contributed by atoms with Crippen molar-refractivity contribution in [3.8, 4) is 0 Å². The molecular weight excluding hydrogens is 523 g/mol. The summed E-state index contributed by atoms with van der Waals surface area (Å²) in [5.41, 5.74) is 3.10. The van der Waals surface area contributed by atoms with Crippen molar-refractivity contribution in [1.29, 1.82) is 0 Å². The van der Waals surface area contributed by atoms with Gasteiger partial charge in [-0.05, 0) is 74.3 Å². The topological polar surface area (TPSA) is 107 Å². The molecule has 0 saturated heterocycles. The zero-order valence-corrected chi connectivity index (χ0v) is 23.1. The molecule has 1 aliphatic rings. The predicted molar refractivity (Wildman–Crippen MR) is 142 cm³/mol. The van der Waals surface area contributed by atoms with Gasteiger partial charge in [0.1, 0.15) is 4.90 Å². The highest BCUT2D eigenvalue weighted by Gasteiger charge is 2.31. The Morgan fingerprint density at radius 3 is 2.25 bits per heavy atom. The van der Waals surface area contributed by atoms with E-state index >= 15 is 0 Å². The molecule has 0 spiro atoms. The van der Waals surface area contributed by atoms with Crippen molar-refractivity contribution in [2.75, 3.05) is 20.1 Å². The fourth-order valence-electron chi connectivity index (χ4n) is 4.85. The first-order chi connectivity index (χ1) is 16.8. The number of halogens is 2. The third kappa shape index (κ3) is 7.43. The average molecular weight is 558 g/mol. The van der Waals surface area contributed by atoms with E-state index < -0.39 is 22.1 Å². The second kappa shape index (κ2) is 11.8. The number of β-amino-alcohol motifs (C(OH)–C–C–N with tert-alkyl or cyclic N) is 1. The minimum atomic E-state index is -4.08. The van der Waals surface area contributed by atoms with Gasteiger partial charge in [-0.25, -0.2) is 8.42 Å². The molecule has 2 aromatic carbocycles. The summed E-state index contributed by atoms with van der Waals surface area (Å²) in [5, 5.41) is 22.7. The number of aliphatic carboxylic acids is 1. The summed E-state index contributed by atoms with van der Waals surface area (Å²) in [4.78, 5) is 10.6. The minimum Gasteiger partial charge on any atom is -0.481 e. The molecule has 0 aliphatic heterocycles. The SMILES string of the molecule is CN(C[C@H](O)CNC(C)(C)CC1Cc2ccccc2C1)S(=O)(=O)c1c(Cl)cc(CCC(=O)O)cc1Cl. The summed E-state index contributed by atoms with van der Waals surface area (Å²) < 4.78 is 27.3. The zero-order valence-electron chi connectivity index (χ0n) is 20.8. The Bertz CT molecular complexity index is 1150. The number of rotatable bonds is 12. The van der Waals surface area contributed by atoms with E-state index in [1.54, 1.807) is 0 Å². The van der Waals surface area contributed by atoms with Crippen LogP contribution in [-0.4, -0.2) is 60.7 Å². The number of nitrogens with zero attached hydrogens (tertiary/aromatic N) is 1. The van der Waals surface area contributed by atoms with E-state index in [-0.39, 0.29) is 46.4 Å². The van der Waals surface area contributed by atoms with Crippen LogP contribution in [0, 0.1) is 5.92 Å². The number of fused-ring (bicyclic) bond motifs is 1. The van der Waals surface area contributed by atoms with Crippen molar-refractivity contribution < 1.29 is 23.4 Å². The molecule has 0 saturated carbocycles. The number of likely N-dealkylation sites (N-methyl/N-ethyl adjacent to an activating group) is 1. The highest BCUT2D eigenvalue weighted by Crippen LogP contribution is 2.34. The first-order valence-electron chi connectivity index (χ1n) is 11.9. The van der Waals surface area contributed by atoms with Crippen molar-refractivity contribution in [2.24, 2.45) is 5.92 Å². The maximum absolute atomic E-state index is 13.2. The molecule has 0 bridgehead atoms. The summed E-state index contributed by atoms with van der Waals surface area (Å²) in [6.45, 7) is 4.26. The molecule has 3 rings (SSSR count). The molecule has 0 amide bonds. The Balaban J connectivity index is 1.56. The first-order valence-corrected chi connectivity index (χ1v) is 14.1. The van der Waals surface area contributed by atoms with Gasteiger partial charge in [-0.3, -0.25) is 4.79 Å². The van der Waals surface area contributed by atoms with E-state index in [1.165, 1.54) is 30.3 Å². The fourth-order valence-corrected chi connectivity index (χ4v) is 7.26. The molecule has 2 aromatic rings. The van der Waals surface area contributed by atoms with E-state index in [0.717, 1.165) is 23.6 Å². The molecule has 36 heavy (non-hydrogen) atoms. The summed E-state index contributed by atoms with van der Waals surface area (Å²) in [6, 6.07) is 11.3. The Labute approximate surface area is 223 Å². The number of nitrogens with one attached hydrogen (secondary N) is 1. The number of carbonyl (C=O) groups is 1. The number of benzene rings is 2. The molecule has 1 aliphatic carbocycles.